The van der Waals surface area contributed by atoms with Crippen molar-refractivity contribution in [2.24, 2.45) is 7.05 Å². The number of halogens is 2. The van der Waals surface area contributed by atoms with E-state index in [2.05, 4.69) is 5.10 Å². The lowest BCUT2D eigenvalue weighted by Crippen LogP contribution is -2.15. The van der Waals surface area contributed by atoms with Gasteiger partial charge in [-0.2, -0.15) is 0 Å². The number of aryl methyl sites for hydroxylation is 1. The van der Waals surface area contributed by atoms with Gasteiger partial charge in [0.15, 0.2) is 6.61 Å². The van der Waals surface area contributed by atoms with Gasteiger partial charge in [-0.25, -0.2) is 13.6 Å². The van der Waals surface area contributed by atoms with E-state index < -0.39 is 17.6 Å². The van der Waals surface area contributed by atoms with E-state index >= 15 is 0 Å². The summed E-state index contributed by atoms with van der Waals surface area (Å²) in [5.41, 5.74) is 0.606. The van der Waals surface area contributed by atoms with Crippen LogP contribution >= 0.6 is 0 Å². The van der Waals surface area contributed by atoms with E-state index in [1.807, 2.05) is 6.92 Å². The predicted molar refractivity (Wildman–Crippen MR) is 75.3 cm³/mol. The lowest BCUT2D eigenvalue weighted by atomic mass is 10.1. The predicted octanol–water partition coefficient (Wildman–Crippen LogP) is 2.70. The van der Waals surface area contributed by atoms with Gasteiger partial charge in [0.05, 0.1) is 12.3 Å². The first-order valence-electron chi connectivity index (χ1n) is 6.79. The Balaban J connectivity index is 2.09. The molecule has 2 aromatic rings. The van der Waals surface area contributed by atoms with E-state index in [1.165, 1.54) is 16.8 Å². The van der Waals surface area contributed by atoms with E-state index in [9.17, 15) is 13.6 Å². The van der Waals surface area contributed by atoms with Crippen LogP contribution in [0.3, 0.4) is 0 Å². The molecule has 0 N–H and O–H groups in total. The van der Waals surface area contributed by atoms with Gasteiger partial charge >= 0.3 is 5.97 Å². The number of hydrogen-bond donors (Lipinski definition) is 0. The first-order chi connectivity index (χ1) is 10.5. The summed E-state index contributed by atoms with van der Waals surface area (Å²) in [5, 5.41) is 4.03. The van der Waals surface area contributed by atoms with Crippen LogP contribution in [0.2, 0.25) is 0 Å². The molecule has 0 spiro atoms. The number of ether oxygens (including phenoxy) is 2. The maximum atomic E-state index is 13.8. The second-order valence-electron chi connectivity index (χ2n) is 4.62. The van der Waals surface area contributed by atoms with E-state index in [0.29, 0.717) is 12.3 Å². The van der Waals surface area contributed by atoms with Crippen molar-refractivity contribution in [3.05, 3.63) is 35.9 Å². The second-order valence-corrected chi connectivity index (χ2v) is 4.62. The quantitative estimate of drug-likeness (QED) is 0.770. The van der Waals surface area contributed by atoms with Crippen LogP contribution in [0, 0.1) is 11.6 Å². The standard InChI is InChI=1S/C15H16F2N2O3/c1-3-6-21-15(20)9-22-14-8-13(19(2)18-14)11-5-4-10(16)7-12(11)17/h4-5,7-8H,3,6,9H2,1-2H3. The number of aromatic nitrogens is 2. The Kier molecular flexibility index (Phi) is 5.08. The van der Waals surface area contributed by atoms with Crippen LogP contribution in [-0.2, 0) is 16.6 Å². The zero-order chi connectivity index (χ0) is 16.1. The molecule has 0 unspecified atom stereocenters. The Morgan fingerprint density at radius 3 is 2.77 bits per heavy atom. The molecule has 0 amide bonds. The number of carbonyl (C=O) groups excluding carboxylic acids is 1. The Hall–Kier alpha value is -2.44. The van der Waals surface area contributed by atoms with Crippen molar-refractivity contribution in [1.82, 2.24) is 9.78 Å². The number of benzene rings is 1. The fourth-order valence-corrected chi connectivity index (χ4v) is 1.85. The summed E-state index contributed by atoms with van der Waals surface area (Å²) in [6.07, 6.45) is 0.726. The third kappa shape index (κ3) is 3.81. The third-order valence-electron chi connectivity index (χ3n) is 2.87. The minimum atomic E-state index is -0.697. The van der Waals surface area contributed by atoms with Gasteiger partial charge < -0.3 is 9.47 Å². The molecule has 0 saturated carbocycles. The largest absolute Gasteiger partial charge is 0.465 e. The summed E-state index contributed by atoms with van der Waals surface area (Å²) in [6, 6.07) is 4.75. The highest BCUT2D eigenvalue weighted by molar-refractivity contribution is 5.71. The average molecular weight is 310 g/mol. The van der Waals surface area contributed by atoms with Gasteiger partial charge in [-0.15, -0.1) is 5.10 Å². The summed E-state index contributed by atoms with van der Waals surface area (Å²) in [7, 11) is 1.60. The molecule has 0 aliphatic rings. The minimum Gasteiger partial charge on any atom is -0.465 e. The van der Waals surface area contributed by atoms with E-state index in [1.54, 1.807) is 7.05 Å². The van der Waals surface area contributed by atoms with E-state index in [0.717, 1.165) is 18.6 Å². The van der Waals surface area contributed by atoms with Gasteiger partial charge in [-0.05, 0) is 18.6 Å². The summed E-state index contributed by atoms with van der Waals surface area (Å²) >= 11 is 0. The van der Waals surface area contributed by atoms with Gasteiger partial charge in [-0.3, -0.25) is 4.68 Å². The molecule has 22 heavy (non-hydrogen) atoms. The summed E-state index contributed by atoms with van der Waals surface area (Å²) in [4.78, 5) is 11.3. The highest BCUT2D eigenvalue weighted by Crippen LogP contribution is 2.26. The molecule has 7 heteroatoms. The molecule has 0 saturated heterocycles. The smallest absolute Gasteiger partial charge is 0.344 e. The Bertz CT molecular complexity index is 671. The molecule has 1 aromatic heterocycles. The highest BCUT2D eigenvalue weighted by Gasteiger charge is 2.14. The van der Waals surface area contributed by atoms with Crippen LogP contribution in [0.5, 0.6) is 5.88 Å². The Morgan fingerprint density at radius 2 is 2.09 bits per heavy atom. The second kappa shape index (κ2) is 7.02. The molecule has 0 aliphatic carbocycles. The van der Waals surface area contributed by atoms with Crippen molar-refractivity contribution in [3.63, 3.8) is 0 Å². The van der Waals surface area contributed by atoms with Crippen LogP contribution in [0.15, 0.2) is 24.3 Å². The fourth-order valence-electron chi connectivity index (χ4n) is 1.85. The van der Waals surface area contributed by atoms with Crippen LogP contribution < -0.4 is 4.74 Å². The van der Waals surface area contributed by atoms with Gasteiger partial charge in [0.1, 0.15) is 11.6 Å². The molecule has 2 rings (SSSR count). The number of rotatable bonds is 6. The molecule has 0 fully saturated rings. The topological polar surface area (TPSA) is 53.4 Å². The van der Waals surface area contributed by atoms with Crippen LogP contribution in [0.4, 0.5) is 8.78 Å². The van der Waals surface area contributed by atoms with Crippen LogP contribution in [0.25, 0.3) is 11.3 Å². The lowest BCUT2D eigenvalue weighted by molar-refractivity contribution is -0.146. The third-order valence-corrected chi connectivity index (χ3v) is 2.87. The van der Waals surface area contributed by atoms with Gasteiger partial charge in [0.2, 0.25) is 5.88 Å². The van der Waals surface area contributed by atoms with Gasteiger partial charge in [0, 0.05) is 24.7 Å². The van der Waals surface area contributed by atoms with Crippen molar-refractivity contribution < 1.29 is 23.0 Å². The molecule has 1 aromatic carbocycles. The van der Waals surface area contributed by atoms with Gasteiger partial charge in [0.25, 0.3) is 0 Å². The van der Waals surface area contributed by atoms with Crippen molar-refractivity contribution in [3.8, 4) is 17.1 Å². The first kappa shape index (κ1) is 15.9. The highest BCUT2D eigenvalue weighted by atomic mass is 19.1. The fraction of sp³-hybridized carbons (Fsp3) is 0.333. The van der Waals surface area contributed by atoms with Crippen molar-refractivity contribution in [1.29, 1.82) is 0 Å². The molecule has 0 radical (unpaired) electrons. The Morgan fingerprint density at radius 1 is 1.32 bits per heavy atom. The minimum absolute atomic E-state index is 0.162. The van der Waals surface area contributed by atoms with Crippen molar-refractivity contribution in [2.45, 2.75) is 13.3 Å². The summed E-state index contributed by atoms with van der Waals surface area (Å²) < 4.78 is 38.2. The number of carbonyl (C=O) groups is 1. The van der Waals surface area contributed by atoms with Crippen LogP contribution in [-0.4, -0.2) is 29.0 Å². The zero-order valence-corrected chi connectivity index (χ0v) is 12.3. The van der Waals surface area contributed by atoms with Crippen LogP contribution in [0.1, 0.15) is 13.3 Å². The van der Waals surface area contributed by atoms with Crippen molar-refractivity contribution >= 4 is 5.97 Å². The molecular weight excluding hydrogens is 294 g/mol. The summed E-state index contributed by atoms with van der Waals surface area (Å²) in [5.74, 6) is -1.69. The maximum absolute atomic E-state index is 13.8. The Labute approximate surface area is 126 Å². The number of hydrogen-bond acceptors (Lipinski definition) is 4. The molecule has 118 valence electrons. The van der Waals surface area contributed by atoms with Gasteiger partial charge in [-0.1, -0.05) is 6.92 Å². The van der Waals surface area contributed by atoms with Crippen molar-refractivity contribution in [2.75, 3.05) is 13.2 Å². The summed E-state index contributed by atoms with van der Waals surface area (Å²) in [6.45, 7) is 1.94. The zero-order valence-electron chi connectivity index (χ0n) is 12.3. The molecule has 0 bridgehead atoms. The average Bonchev–Trinajstić information content (AvgIpc) is 2.84. The van der Waals surface area contributed by atoms with E-state index in [-0.39, 0.29) is 18.1 Å². The SMILES string of the molecule is CCCOC(=O)COc1cc(-c2ccc(F)cc2F)n(C)n1. The number of esters is 1. The molecular formula is C15H16F2N2O3. The maximum Gasteiger partial charge on any atom is 0.344 e. The first-order valence-corrected chi connectivity index (χ1v) is 6.79. The monoisotopic (exact) mass is 310 g/mol. The molecule has 1 heterocycles. The lowest BCUT2D eigenvalue weighted by Gasteiger charge is -2.03. The number of nitrogens with zero attached hydrogens (tertiary/aromatic N) is 2. The molecule has 0 aliphatic heterocycles. The molecule has 0 atom stereocenters. The van der Waals surface area contributed by atoms with E-state index in [4.69, 9.17) is 9.47 Å². The molecule has 5 nitrogen and oxygen atoms in total. The normalized spacial score (nSPS) is 10.5.